The summed E-state index contributed by atoms with van der Waals surface area (Å²) in [6.45, 7) is 0.761. The Balaban J connectivity index is 2.36. The Hall–Kier alpha value is -1.64. The van der Waals surface area contributed by atoms with Crippen LogP contribution in [0, 0.1) is 0 Å². The molecule has 1 saturated heterocycles. The lowest BCUT2D eigenvalue weighted by atomic mass is 10.1. The maximum Gasteiger partial charge on any atom is 0.337 e. The number of benzene rings is 1. The number of ether oxygens (including phenoxy) is 2. The summed E-state index contributed by atoms with van der Waals surface area (Å²) < 4.78 is 36.6. The van der Waals surface area contributed by atoms with Gasteiger partial charge in [-0.2, -0.15) is 4.31 Å². The van der Waals surface area contributed by atoms with E-state index in [9.17, 15) is 13.2 Å². The van der Waals surface area contributed by atoms with Crippen molar-refractivity contribution in [2.45, 2.75) is 23.8 Å². The molecule has 0 amide bonds. The maximum atomic E-state index is 12.7. The molecule has 0 spiro atoms. The first-order chi connectivity index (χ1) is 10.4. The molecule has 0 saturated carbocycles. The molecule has 0 atom stereocenters. The zero-order chi connectivity index (χ0) is 16.3. The summed E-state index contributed by atoms with van der Waals surface area (Å²) in [7, 11) is -1.05. The molecule has 1 heterocycles. The highest BCUT2D eigenvalue weighted by Crippen LogP contribution is 2.29. The van der Waals surface area contributed by atoms with Crippen molar-refractivity contribution in [3.8, 4) is 5.75 Å². The van der Waals surface area contributed by atoms with Crippen molar-refractivity contribution in [3.05, 3.63) is 23.8 Å². The Labute approximate surface area is 130 Å². The van der Waals surface area contributed by atoms with Crippen LogP contribution in [0.25, 0.3) is 0 Å². The first kappa shape index (κ1) is 16.7. The third-order valence-electron chi connectivity index (χ3n) is 3.70. The normalized spacial score (nSPS) is 17.2. The van der Waals surface area contributed by atoms with E-state index < -0.39 is 16.0 Å². The van der Waals surface area contributed by atoms with Gasteiger partial charge >= 0.3 is 5.97 Å². The fraction of sp³-hybridized carbons (Fsp3) is 0.500. The Morgan fingerprint density at radius 3 is 2.45 bits per heavy atom. The van der Waals surface area contributed by atoms with Gasteiger partial charge in [0.15, 0.2) is 0 Å². The summed E-state index contributed by atoms with van der Waals surface area (Å²) in [5.41, 5.74) is 6.04. The number of carbonyl (C=O) groups excluding carboxylic acids is 1. The summed E-state index contributed by atoms with van der Waals surface area (Å²) in [6, 6.07) is 4.19. The second-order valence-corrected chi connectivity index (χ2v) is 7.01. The Bertz CT molecular complexity index is 651. The van der Waals surface area contributed by atoms with Gasteiger partial charge in [0.25, 0.3) is 0 Å². The van der Waals surface area contributed by atoms with E-state index in [-0.39, 0.29) is 22.3 Å². The van der Waals surface area contributed by atoms with Gasteiger partial charge < -0.3 is 15.2 Å². The summed E-state index contributed by atoms with van der Waals surface area (Å²) in [4.78, 5) is 11.6. The third kappa shape index (κ3) is 3.23. The number of piperidine rings is 1. The van der Waals surface area contributed by atoms with E-state index >= 15 is 0 Å². The van der Waals surface area contributed by atoms with Crippen LogP contribution in [0.5, 0.6) is 5.75 Å². The molecule has 0 aliphatic carbocycles. The highest BCUT2D eigenvalue weighted by molar-refractivity contribution is 7.89. The molecule has 122 valence electrons. The van der Waals surface area contributed by atoms with Crippen LogP contribution >= 0.6 is 0 Å². The van der Waals surface area contributed by atoms with Crippen molar-refractivity contribution < 1.29 is 22.7 Å². The van der Waals surface area contributed by atoms with E-state index in [0.717, 1.165) is 0 Å². The fourth-order valence-corrected chi connectivity index (χ4v) is 3.99. The minimum Gasteiger partial charge on any atom is -0.495 e. The van der Waals surface area contributed by atoms with Gasteiger partial charge in [-0.15, -0.1) is 0 Å². The quantitative estimate of drug-likeness (QED) is 0.812. The molecule has 1 aliphatic rings. The van der Waals surface area contributed by atoms with Crippen molar-refractivity contribution in [1.29, 1.82) is 0 Å². The largest absolute Gasteiger partial charge is 0.495 e. The molecule has 2 N–H and O–H groups in total. The van der Waals surface area contributed by atoms with Crippen LogP contribution in [0.4, 0.5) is 0 Å². The molecule has 22 heavy (non-hydrogen) atoms. The molecule has 0 aromatic heterocycles. The first-order valence-electron chi connectivity index (χ1n) is 6.92. The average molecular weight is 328 g/mol. The van der Waals surface area contributed by atoms with Gasteiger partial charge in [0.2, 0.25) is 10.0 Å². The predicted molar refractivity (Wildman–Crippen MR) is 80.3 cm³/mol. The Morgan fingerprint density at radius 1 is 1.27 bits per heavy atom. The van der Waals surface area contributed by atoms with E-state index in [1.807, 2.05) is 0 Å². The topological polar surface area (TPSA) is 98.9 Å². The number of methoxy groups -OCH3 is 2. The lowest BCUT2D eigenvalue weighted by Gasteiger charge is -2.29. The van der Waals surface area contributed by atoms with Gasteiger partial charge in [0.1, 0.15) is 10.6 Å². The molecule has 7 nitrogen and oxygen atoms in total. The van der Waals surface area contributed by atoms with E-state index in [0.29, 0.717) is 25.9 Å². The number of rotatable bonds is 4. The lowest BCUT2D eigenvalue weighted by Crippen LogP contribution is -2.42. The minimum atomic E-state index is -3.68. The molecule has 0 unspecified atom stereocenters. The standard InChI is InChI=1S/C14H20N2O5S/c1-20-12-9-10(14(17)21-2)3-4-13(12)22(18,19)16-7-5-11(15)6-8-16/h3-4,9,11H,5-8,15H2,1-2H3. The van der Waals surface area contributed by atoms with Crippen LogP contribution in [0.15, 0.2) is 23.1 Å². The predicted octanol–water partition coefficient (Wildman–Crippen LogP) is 0.594. The van der Waals surface area contributed by atoms with Crippen LogP contribution in [0.1, 0.15) is 23.2 Å². The van der Waals surface area contributed by atoms with Crippen molar-refractivity contribution in [3.63, 3.8) is 0 Å². The second kappa shape index (κ2) is 6.64. The monoisotopic (exact) mass is 328 g/mol. The lowest BCUT2D eigenvalue weighted by molar-refractivity contribution is 0.0600. The summed E-state index contributed by atoms with van der Waals surface area (Å²) >= 11 is 0. The van der Waals surface area contributed by atoms with Crippen LogP contribution in [-0.4, -0.2) is 52.0 Å². The summed E-state index contributed by atoms with van der Waals surface area (Å²) in [5.74, 6) is -0.427. The fourth-order valence-electron chi connectivity index (χ4n) is 2.38. The zero-order valence-corrected chi connectivity index (χ0v) is 13.4. The van der Waals surface area contributed by atoms with Crippen LogP contribution in [0.3, 0.4) is 0 Å². The van der Waals surface area contributed by atoms with Crippen molar-refractivity contribution in [2.24, 2.45) is 5.73 Å². The molecule has 0 radical (unpaired) electrons. The molecule has 1 aromatic rings. The Morgan fingerprint density at radius 2 is 1.91 bits per heavy atom. The highest BCUT2D eigenvalue weighted by Gasteiger charge is 2.31. The molecule has 1 aliphatic heterocycles. The van der Waals surface area contributed by atoms with Crippen molar-refractivity contribution >= 4 is 16.0 Å². The smallest absolute Gasteiger partial charge is 0.337 e. The zero-order valence-electron chi connectivity index (χ0n) is 12.6. The summed E-state index contributed by atoms with van der Waals surface area (Å²) in [5, 5.41) is 0. The molecular formula is C14H20N2O5S. The van der Waals surface area contributed by atoms with E-state index in [1.54, 1.807) is 0 Å². The van der Waals surface area contributed by atoms with Crippen molar-refractivity contribution in [1.82, 2.24) is 4.31 Å². The van der Waals surface area contributed by atoms with E-state index in [2.05, 4.69) is 4.74 Å². The molecule has 0 bridgehead atoms. The molecule has 1 fully saturated rings. The van der Waals surface area contributed by atoms with Crippen LogP contribution < -0.4 is 10.5 Å². The number of sulfonamides is 1. The van der Waals surface area contributed by atoms with Gasteiger partial charge in [-0.1, -0.05) is 0 Å². The van der Waals surface area contributed by atoms with Gasteiger partial charge in [-0.25, -0.2) is 13.2 Å². The van der Waals surface area contributed by atoms with Gasteiger partial charge in [0.05, 0.1) is 19.8 Å². The second-order valence-electron chi connectivity index (χ2n) is 5.10. The number of hydrogen-bond donors (Lipinski definition) is 1. The SMILES string of the molecule is COC(=O)c1ccc(S(=O)(=O)N2CCC(N)CC2)c(OC)c1. The van der Waals surface area contributed by atoms with Gasteiger partial charge in [-0.3, -0.25) is 0 Å². The van der Waals surface area contributed by atoms with Gasteiger partial charge in [-0.05, 0) is 31.0 Å². The number of nitrogens with two attached hydrogens (primary N) is 1. The number of hydrogen-bond acceptors (Lipinski definition) is 6. The van der Waals surface area contributed by atoms with Gasteiger partial charge in [0, 0.05) is 19.1 Å². The summed E-state index contributed by atoms with van der Waals surface area (Å²) in [6.07, 6.45) is 1.25. The Kier molecular flexibility index (Phi) is 5.05. The third-order valence-corrected chi connectivity index (χ3v) is 5.64. The molecule has 8 heteroatoms. The molecule has 2 rings (SSSR count). The maximum absolute atomic E-state index is 12.7. The first-order valence-corrected chi connectivity index (χ1v) is 8.36. The number of carbonyl (C=O) groups is 1. The molecule has 1 aromatic carbocycles. The van der Waals surface area contributed by atoms with Crippen LogP contribution in [0.2, 0.25) is 0 Å². The minimum absolute atomic E-state index is 0.0371. The van der Waals surface area contributed by atoms with E-state index in [1.165, 1.54) is 36.7 Å². The number of esters is 1. The van der Waals surface area contributed by atoms with Crippen molar-refractivity contribution in [2.75, 3.05) is 27.3 Å². The van der Waals surface area contributed by atoms with E-state index in [4.69, 9.17) is 10.5 Å². The van der Waals surface area contributed by atoms with Crippen LogP contribution in [-0.2, 0) is 14.8 Å². The number of nitrogens with zero attached hydrogens (tertiary/aromatic N) is 1. The average Bonchev–Trinajstić information content (AvgIpc) is 2.53. The molecular weight excluding hydrogens is 308 g/mol. The highest BCUT2D eigenvalue weighted by atomic mass is 32.2.